The molecule has 3 aromatic heterocycles. The Hall–Kier alpha value is -2.83. The second-order valence-corrected chi connectivity index (χ2v) is 3.49. The zero-order chi connectivity index (χ0) is 12.4. The predicted molar refractivity (Wildman–Crippen MR) is 63.0 cm³/mol. The highest BCUT2D eigenvalue weighted by Gasteiger charge is 2.11. The van der Waals surface area contributed by atoms with Gasteiger partial charge in [0.15, 0.2) is 0 Å². The fourth-order valence-corrected chi connectivity index (χ4v) is 1.45. The van der Waals surface area contributed by atoms with E-state index in [9.17, 15) is 0 Å². The lowest BCUT2D eigenvalue weighted by molar-refractivity contribution is 0.432. The molecular formula is C11H8N6O. The Kier molecular flexibility index (Phi) is 2.41. The summed E-state index contributed by atoms with van der Waals surface area (Å²) in [7, 11) is 0. The predicted octanol–water partition coefficient (Wildman–Crippen LogP) is 1.17. The van der Waals surface area contributed by atoms with Crippen molar-refractivity contribution in [3.05, 3.63) is 36.9 Å². The van der Waals surface area contributed by atoms with Gasteiger partial charge >= 0.3 is 0 Å². The number of aromatic nitrogens is 5. The molecule has 0 fully saturated rings. The van der Waals surface area contributed by atoms with Crippen LogP contribution in [0.1, 0.15) is 0 Å². The Bertz CT molecular complexity index is 666. The average Bonchev–Trinajstić information content (AvgIpc) is 2.89. The van der Waals surface area contributed by atoms with Crippen LogP contribution in [0.15, 0.2) is 41.4 Å². The van der Waals surface area contributed by atoms with E-state index in [0.717, 1.165) is 5.56 Å². The van der Waals surface area contributed by atoms with Gasteiger partial charge in [-0.1, -0.05) is 5.16 Å². The van der Waals surface area contributed by atoms with Gasteiger partial charge in [-0.25, -0.2) is 15.0 Å². The molecule has 0 amide bonds. The zero-order valence-electron chi connectivity index (χ0n) is 9.19. The first-order valence-electron chi connectivity index (χ1n) is 5.15. The second-order valence-electron chi connectivity index (χ2n) is 3.49. The fraction of sp³-hybridized carbons (Fsp3) is 0. The molecule has 3 heterocycles. The number of nitrogen functional groups attached to an aromatic ring is 1. The van der Waals surface area contributed by atoms with Crippen molar-refractivity contribution in [2.45, 2.75) is 0 Å². The Balaban J connectivity index is 2.00. The molecule has 2 N–H and O–H groups in total. The smallest absolute Gasteiger partial charge is 0.258 e. The van der Waals surface area contributed by atoms with Crippen molar-refractivity contribution < 1.29 is 4.52 Å². The van der Waals surface area contributed by atoms with Crippen molar-refractivity contribution in [3.63, 3.8) is 0 Å². The number of rotatable bonds is 2. The third-order valence-corrected chi connectivity index (χ3v) is 2.27. The molecule has 0 saturated carbocycles. The molecule has 3 aromatic rings. The van der Waals surface area contributed by atoms with Crippen LogP contribution in [-0.4, -0.2) is 25.1 Å². The van der Waals surface area contributed by atoms with Crippen molar-refractivity contribution in [3.8, 4) is 23.0 Å². The monoisotopic (exact) mass is 240 g/mol. The molecule has 3 rings (SSSR count). The van der Waals surface area contributed by atoms with Crippen molar-refractivity contribution in [1.29, 1.82) is 0 Å². The summed E-state index contributed by atoms with van der Waals surface area (Å²) >= 11 is 0. The molecule has 0 unspecified atom stereocenters. The molecule has 0 spiro atoms. The summed E-state index contributed by atoms with van der Waals surface area (Å²) in [6.45, 7) is 0. The number of pyridine rings is 1. The molecule has 18 heavy (non-hydrogen) atoms. The Morgan fingerprint density at radius 1 is 1.11 bits per heavy atom. The molecular weight excluding hydrogens is 232 g/mol. The summed E-state index contributed by atoms with van der Waals surface area (Å²) in [5, 5.41) is 3.85. The van der Waals surface area contributed by atoms with Crippen LogP contribution < -0.4 is 5.73 Å². The van der Waals surface area contributed by atoms with Crippen molar-refractivity contribution in [2.75, 3.05) is 5.73 Å². The van der Waals surface area contributed by atoms with Crippen LogP contribution in [0.25, 0.3) is 23.0 Å². The van der Waals surface area contributed by atoms with Gasteiger partial charge < -0.3 is 10.3 Å². The van der Waals surface area contributed by atoms with Crippen molar-refractivity contribution in [2.24, 2.45) is 0 Å². The average molecular weight is 240 g/mol. The first-order chi connectivity index (χ1) is 8.83. The number of nitrogens with two attached hydrogens (primary N) is 1. The third kappa shape index (κ3) is 1.88. The standard InChI is InChI=1S/C11H8N6O/c12-9-5-7(1-4-14-9)11-16-10(17-18-11)8-2-3-13-6-15-8/h1-6H,(H2,12,14). The summed E-state index contributed by atoms with van der Waals surface area (Å²) in [5.74, 6) is 1.18. The molecule has 0 bridgehead atoms. The summed E-state index contributed by atoms with van der Waals surface area (Å²) in [6.07, 6.45) is 4.62. The minimum atomic E-state index is 0.373. The Labute approximate surface area is 102 Å². The maximum atomic E-state index is 5.59. The van der Waals surface area contributed by atoms with Crippen LogP contribution in [0, 0.1) is 0 Å². The minimum Gasteiger partial charge on any atom is -0.384 e. The van der Waals surface area contributed by atoms with E-state index in [1.54, 1.807) is 30.6 Å². The highest BCUT2D eigenvalue weighted by molar-refractivity contribution is 5.59. The number of anilines is 1. The minimum absolute atomic E-state index is 0.373. The van der Waals surface area contributed by atoms with Crippen molar-refractivity contribution >= 4 is 5.82 Å². The van der Waals surface area contributed by atoms with Gasteiger partial charge in [-0.3, -0.25) is 0 Å². The molecule has 0 aliphatic heterocycles. The quantitative estimate of drug-likeness (QED) is 0.716. The summed E-state index contributed by atoms with van der Waals surface area (Å²) in [5.41, 5.74) is 6.91. The summed E-state index contributed by atoms with van der Waals surface area (Å²) in [4.78, 5) is 16.0. The lowest BCUT2D eigenvalue weighted by Crippen LogP contribution is -1.89. The number of hydrogen-bond acceptors (Lipinski definition) is 7. The van der Waals surface area contributed by atoms with Gasteiger partial charge in [0.05, 0.1) is 0 Å². The van der Waals surface area contributed by atoms with Gasteiger partial charge in [0.2, 0.25) is 5.82 Å². The van der Waals surface area contributed by atoms with Gasteiger partial charge in [0.25, 0.3) is 5.89 Å². The molecule has 88 valence electrons. The Morgan fingerprint density at radius 3 is 2.83 bits per heavy atom. The molecule has 0 aliphatic carbocycles. The molecule has 0 radical (unpaired) electrons. The third-order valence-electron chi connectivity index (χ3n) is 2.27. The van der Waals surface area contributed by atoms with E-state index in [0.29, 0.717) is 23.2 Å². The highest BCUT2D eigenvalue weighted by atomic mass is 16.5. The topological polar surface area (TPSA) is 104 Å². The van der Waals surface area contributed by atoms with Crippen LogP contribution in [0.2, 0.25) is 0 Å². The first-order valence-corrected chi connectivity index (χ1v) is 5.15. The molecule has 0 aliphatic rings. The van der Waals surface area contributed by atoms with Crippen LogP contribution in [0.4, 0.5) is 5.82 Å². The van der Waals surface area contributed by atoms with Gasteiger partial charge in [-0.2, -0.15) is 4.98 Å². The maximum Gasteiger partial charge on any atom is 0.258 e. The lowest BCUT2D eigenvalue weighted by atomic mass is 10.2. The van der Waals surface area contributed by atoms with Gasteiger partial charge in [0.1, 0.15) is 17.8 Å². The highest BCUT2D eigenvalue weighted by Crippen LogP contribution is 2.21. The molecule has 7 nitrogen and oxygen atoms in total. The van der Waals surface area contributed by atoms with E-state index in [-0.39, 0.29) is 0 Å². The van der Waals surface area contributed by atoms with Gasteiger partial charge in [-0.05, 0) is 18.2 Å². The normalized spacial score (nSPS) is 10.4. The van der Waals surface area contributed by atoms with Crippen LogP contribution in [-0.2, 0) is 0 Å². The van der Waals surface area contributed by atoms with Crippen molar-refractivity contribution in [1.82, 2.24) is 25.1 Å². The van der Waals surface area contributed by atoms with E-state index >= 15 is 0 Å². The second kappa shape index (κ2) is 4.21. The zero-order valence-corrected chi connectivity index (χ0v) is 9.19. The Morgan fingerprint density at radius 2 is 2.06 bits per heavy atom. The first kappa shape index (κ1) is 10.3. The lowest BCUT2D eigenvalue weighted by Gasteiger charge is -1.94. The molecule has 7 heteroatoms. The SMILES string of the molecule is Nc1cc(-c2nc(-c3ccncn3)no2)ccn1. The number of hydrogen-bond donors (Lipinski definition) is 1. The maximum absolute atomic E-state index is 5.59. The van der Waals surface area contributed by atoms with Crippen LogP contribution in [0.3, 0.4) is 0 Å². The fourth-order valence-electron chi connectivity index (χ4n) is 1.45. The molecule has 0 saturated heterocycles. The van der Waals surface area contributed by atoms with E-state index in [4.69, 9.17) is 10.3 Å². The van der Waals surface area contributed by atoms with Gasteiger partial charge in [-0.15, -0.1) is 0 Å². The van der Waals surface area contributed by atoms with E-state index < -0.39 is 0 Å². The van der Waals surface area contributed by atoms with E-state index in [1.807, 2.05) is 0 Å². The van der Waals surface area contributed by atoms with Crippen LogP contribution in [0.5, 0.6) is 0 Å². The summed E-state index contributed by atoms with van der Waals surface area (Å²) in [6, 6.07) is 5.11. The van der Waals surface area contributed by atoms with E-state index in [1.165, 1.54) is 6.33 Å². The number of nitrogens with zero attached hydrogens (tertiary/aromatic N) is 5. The molecule has 0 atom stereocenters. The summed E-state index contributed by atoms with van der Waals surface area (Å²) < 4.78 is 5.16. The van der Waals surface area contributed by atoms with Gasteiger partial charge in [0, 0.05) is 18.0 Å². The molecule has 0 aromatic carbocycles. The van der Waals surface area contributed by atoms with E-state index in [2.05, 4.69) is 25.1 Å². The van der Waals surface area contributed by atoms with Crippen LogP contribution >= 0.6 is 0 Å². The largest absolute Gasteiger partial charge is 0.384 e.